The second kappa shape index (κ2) is 9.27. The second-order valence-corrected chi connectivity index (χ2v) is 8.12. The van der Waals surface area contributed by atoms with E-state index in [0.717, 1.165) is 18.2 Å². The molecule has 0 amide bonds. The zero-order valence-corrected chi connectivity index (χ0v) is 19.0. The van der Waals surface area contributed by atoms with Gasteiger partial charge in [-0.25, -0.2) is 0 Å². The van der Waals surface area contributed by atoms with Gasteiger partial charge >= 0.3 is 0 Å². The van der Waals surface area contributed by atoms with Crippen molar-refractivity contribution in [2.24, 2.45) is 0 Å². The van der Waals surface area contributed by atoms with E-state index in [1.165, 1.54) is 26.0 Å². The van der Waals surface area contributed by atoms with Crippen molar-refractivity contribution in [1.82, 2.24) is 0 Å². The Labute approximate surface area is 201 Å². The molecule has 0 fully saturated rings. The average molecular weight is 464 g/mol. The predicted octanol–water partition coefficient (Wildman–Crippen LogP) is 4.90. The van der Waals surface area contributed by atoms with Gasteiger partial charge in [0.05, 0.1) is 0 Å². The number of rotatable bonds is 5. The summed E-state index contributed by atoms with van der Waals surface area (Å²) >= 11 is 0. The summed E-state index contributed by atoms with van der Waals surface area (Å²) < 4.78 is 0. The minimum absolute atomic E-state index is 0.108. The number of aliphatic hydroxyl groups excluding tert-OH is 1. The summed E-state index contributed by atoms with van der Waals surface area (Å²) in [5.74, 6) is -2.35. The fourth-order valence-electron chi connectivity index (χ4n) is 4.02. The quantitative estimate of drug-likeness (QED) is 0.383. The van der Waals surface area contributed by atoms with Gasteiger partial charge in [-0.2, -0.15) is 0 Å². The molecule has 4 rings (SSSR count). The molecule has 2 aliphatic rings. The standard InChI is InChI=1S/C29H20O6/c1-16-20(28(34)24-9-5-3-7-22(24)26(16)32)13-11-18(30)15-19(31)12-14-21-17(2)27(33)23-8-4-6-10-25(23)29(21)35/h3-15,30H,1-2H3/b13-11+,14-12+,18-15-. The molecule has 6 heteroatoms. The molecule has 0 saturated carbocycles. The minimum Gasteiger partial charge on any atom is -0.508 e. The number of carbonyl (C=O) groups excluding carboxylic acids is 5. The van der Waals surface area contributed by atoms with Crippen LogP contribution in [0.15, 0.2) is 107 Å². The molecule has 172 valence electrons. The summed E-state index contributed by atoms with van der Waals surface area (Å²) in [5.41, 5.74) is 1.91. The summed E-state index contributed by atoms with van der Waals surface area (Å²) in [6.07, 6.45) is 5.69. The Morgan fingerprint density at radius 1 is 0.629 bits per heavy atom. The predicted molar refractivity (Wildman–Crippen MR) is 130 cm³/mol. The number of carbonyl (C=O) groups is 5. The van der Waals surface area contributed by atoms with Crippen molar-refractivity contribution in [1.29, 1.82) is 0 Å². The van der Waals surface area contributed by atoms with Crippen LogP contribution in [-0.4, -0.2) is 34.0 Å². The molecule has 2 aromatic rings. The van der Waals surface area contributed by atoms with E-state index in [0.29, 0.717) is 11.1 Å². The molecule has 0 aromatic heterocycles. The van der Waals surface area contributed by atoms with E-state index in [4.69, 9.17) is 0 Å². The molecule has 0 bridgehead atoms. The van der Waals surface area contributed by atoms with Crippen LogP contribution >= 0.6 is 0 Å². The molecule has 0 heterocycles. The molecule has 0 aliphatic heterocycles. The van der Waals surface area contributed by atoms with Crippen molar-refractivity contribution in [2.75, 3.05) is 0 Å². The number of allylic oxidation sites excluding steroid dienone is 9. The Bertz CT molecular complexity index is 1490. The topological polar surface area (TPSA) is 106 Å². The molecule has 0 unspecified atom stereocenters. The number of hydrogen-bond donors (Lipinski definition) is 1. The second-order valence-electron chi connectivity index (χ2n) is 8.12. The molecular weight excluding hydrogens is 444 g/mol. The summed E-state index contributed by atoms with van der Waals surface area (Å²) in [4.78, 5) is 62.9. The molecule has 2 aromatic carbocycles. The third-order valence-electron chi connectivity index (χ3n) is 5.94. The van der Waals surface area contributed by atoms with Gasteiger partial charge in [-0.15, -0.1) is 0 Å². The fraction of sp³-hybridized carbons (Fsp3) is 0.0690. The van der Waals surface area contributed by atoms with Crippen molar-refractivity contribution in [2.45, 2.75) is 13.8 Å². The van der Waals surface area contributed by atoms with Crippen LogP contribution in [0.5, 0.6) is 0 Å². The van der Waals surface area contributed by atoms with E-state index in [1.807, 2.05) is 0 Å². The first-order valence-corrected chi connectivity index (χ1v) is 10.8. The normalized spacial score (nSPS) is 16.5. The summed E-state index contributed by atoms with van der Waals surface area (Å²) in [6.45, 7) is 3.05. The molecule has 1 N–H and O–H groups in total. The summed E-state index contributed by atoms with van der Waals surface area (Å²) in [6, 6.07) is 13.0. The number of fused-ring (bicyclic) bond motifs is 2. The van der Waals surface area contributed by atoms with E-state index >= 15 is 0 Å². The van der Waals surface area contributed by atoms with Crippen molar-refractivity contribution >= 4 is 28.9 Å². The van der Waals surface area contributed by atoms with Crippen molar-refractivity contribution in [3.63, 3.8) is 0 Å². The number of aliphatic hydroxyl groups is 1. The van der Waals surface area contributed by atoms with E-state index < -0.39 is 11.5 Å². The van der Waals surface area contributed by atoms with Crippen LogP contribution in [0, 0.1) is 0 Å². The minimum atomic E-state index is -0.631. The van der Waals surface area contributed by atoms with Crippen molar-refractivity contribution in [3.05, 3.63) is 129 Å². The third kappa shape index (κ3) is 4.29. The molecule has 35 heavy (non-hydrogen) atoms. The zero-order valence-electron chi connectivity index (χ0n) is 19.0. The highest BCUT2D eigenvalue weighted by Crippen LogP contribution is 2.28. The van der Waals surface area contributed by atoms with E-state index in [2.05, 4.69) is 0 Å². The van der Waals surface area contributed by atoms with E-state index in [-0.39, 0.29) is 56.6 Å². The SMILES string of the molecule is CC1=C(/C=C/C(=O)/C=C(O)/C=C/C2=C(C)C(=O)c3ccccc3C2=O)C(=O)c2ccccc2C1=O. The van der Waals surface area contributed by atoms with Crippen LogP contribution < -0.4 is 0 Å². The van der Waals surface area contributed by atoms with Crippen LogP contribution in [0.1, 0.15) is 55.3 Å². The summed E-state index contributed by atoms with van der Waals surface area (Å²) in [7, 11) is 0. The van der Waals surface area contributed by atoms with Gasteiger partial charge in [0.25, 0.3) is 0 Å². The average Bonchev–Trinajstić information content (AvgIpc) is 2.86. The lowest BCUT2D eigenvalue weighted by atomic mass is 9.84. The molecule has 2 aliphatic carbocycles. The molecule has 0 atom stereocenters. The molecule has 0 spiro atoms. The van der Waals surface area contributed by atoms with Gasteiger partial charge in [-0.3, -0.25) is 24.0 Å². The number of ketones is 5. The highest BCUT2D eigenvalue weighted by atomic mass is 16.3. The highest BCUT2D eigenvalue weighted by molar-refractivity contribution is 6.28. The molecule has 0 radical (unpaired) electrons. The van der Waals surface area contributed by atoms with Gasteiger partial charge in [0.2, 0.25) is 0 Å². The van der Waals surface area contributed by atoms with Gasteiger partial charge in [-0.05, 0) is 38.2 Å². The smallest absolute Gasteiger partial charge is 0.194 e. The van der Waals surface area contributed by atoms with Crippen molar-refractivity contribution in [3.8, 4) is 0 Å². The maximum Gasteiger partial charge on any atom is 0.194 e. The number of benzene rings is 2. The van der Waals surface area contributed by atoms with Crippen LogP contribution in [0.3, 0.4) is 0 Å². The van der Waals surface area contributed by atoms with Crippen LogP contribution in [0.25, 0.3) is 0 Å². The number of Topliss-reactive ketones (excluding diaryl/α,β-unsaturated/α-hetero) is 4. The fourth-order valence-corrected chi connectivity index (χ4v) is 4.02. The Balaban J connectivity index is 1.53. The van der Waals surface area contributed by atoms with Gasteiger partial charge < -0.3 is 5.11 Å². The first kappa shape index (κ1) is 23.4. The van der Waals surface area contributed by atoms with E-state index in [9.17, 15) is 29.1 Å². The lowest BCUT2D eigenvalue weighted by Gasteiger charge is -2.16. The molecular formula is C29H20O6. The Hall–Kier alpha value is -4.71. The first-order chi connectivity index (χ1) is 16.7. The molecule has 6 nitrogen and oxygen atoms in total. The zero-order chi connectivity index (χ0) is 25.3. The highest BCUT2D eigenvalue weighted by Gasteiger charge is 2.29. The number of hydrogen-bond acceptors (Lipinski definition) is 6. The Kier molecular flexibility index (Phi) is 6.21. The molecule has 0 saturated heterocycles. The third-order valence-corrected chi connectivity index (χ3v) is 5.94. The van der Waals surface area contributed by atoms with Crippen LogP contribution in [-0.2, 0) is 4.79 Å². The lowest BCUT2D eigenvalue weighted by molar-refractivity contribution is -0.110. The van der Waals surface area contributed by atoms with Gasteiger partial charge in [-0.1, -0.05) is 48.5 Å². The monoisotopic (exact) mass is 464 g/mol. The van der Waals surface area contributed by atoms with Crippen LogP contribution in [0.2, 0.25) is 0 Å². The van der Waals surface area contributed by atoms with Gasteiger partial charge in [0, 0.05) is 50.6 Å². The lowest BCUT2D eigenvalue weighted by Crippen LogP contribution is -2.20. The maximum atomic E-state index is 12.8. The Morgan fingerprint density at radius 3 is 1.43 bits per heavy atom. The Morgan fingerprint density at radius 2 is 1.00 bits per heavy atom. The van der Waals surface area contributed by atoms with E-state index in [1.54, 1.807) is 48.5 Å². The maximum absolute atomic E-state index is 12.8. The van der Waals surface area contributed by atoms with Gasteiger partial charge in [0.15, 0.2) is 28.9 Å². The largest absolute Gasteiger partial charge is 0.508 e. The van der Waals surface area contributed by atoms with Gasteiger partial charge in [0.1, 0.15) is 5.76 Å². The van der Waals surface area contributed by atoms with Crippen molar-refractivity contribution < 1.29 is 29.1 Å². The summed E-state index contributed by atoms with van der Waals surface area (Å²) in [5, 5.41) is 10.2. The first-order valence-electron chi connectivity index (χ1n) is 10.8. The van der Waals surface area contributed by atoms with Crippen LogP contribution in [0.4, 0.5) is 0 Å².